The summed E-state index contributed by atoms with van der Waals surface area (Å²) in [5.74, 6) is 1.70. The van der Waals surface area contributed by atoms with Crippen molar-refractivity contribution in [1.29, 1.82) is 0 Å². The van der Waals surface area contributed by atoms with Gasteiger partial charge in [0.2, 0.25) is 5.91 Å². The molecule has 5 rings (SSSR count). The largest absolute Gasteiger partial charge is 0.390 e. The van der Waals surface area contributed by atoms with E-state index in [1.165, 1.54) is 18.4 Å². The Balaban J connectivity index is 1.30. The average molecular weight is 391 g/mol. The Labute approximate surface area is 167 Å². The molecule has 0 radical (unpaired) electrons. The Morgan fingerprint density at radius 3 is 2.48 bits per heavy atom. The predicted octanol–water partition coefficient (Wildman–Crippen LogP) is 3.26. The van der Waals surface area contributed by atoms with Crippen molar-refractivity contribution in [3.8, 4) is 0 Å². The molecule has 2 unspecified atom stereocenters. The molecule has 4 saturated carbocycles. The van der Waals surface area contributed by atoms with Crippen molar-refractivity contribution in [3.63, 3.8) is 0 Å². The quantitative estimate of drug-likeness (QED) is 0.783. The van der Waals surface area contributed by atoms with Gasteiger partial charge in [-0.2, -0.15) is 0 Å². The number of carbonyl (C=O) groups excluding carboxylic acids is 1. The van der Waals surface area contributed by atoms with Crippen molar-refractivity contribution in [2.75, 3.05) is 13.6 Å². The minimum atomic E-state index is -0.446. The number of hydrogen-bond donors (Lipinski definition) is 2. The molecule has 3 atom stereocenters. The summed E-state index contributed by atoms with van der Waals surface area (Å²) >= 11 is 5.94. The molecule has 2 N–H and O–H groups in total. The van der Waals surface area contributed by atoms with Gasteiger partial charge >= 0.3 is 0 Å². The third-order valence-electron chi connectivity index (χ3n) is 7.26. The number of hydrogen-bond acceptors (Lipinski definition) is 3. The third-order valence-corrected chi connectivity index (χ3v) is 7.51. The molecular formula is C22H31ClN2O2. The van der Waals surface area contributed by atoms with Crippen LogP contribution >= 0.6 is 11.6 Å². The SMILES string of the molecule is C[C@@H](C(=O)NC1C2CC3CC1CC(O)(C3)C2)N(C)CCc1ccc(Cl)cc1. The fraction of sp³-hybridized carbons (Fsp3) is 0.682. The van der Waals surface area contributed by atoms with Gasteiger partial charge in [-0.3, -0.25) is 9.69 Å². The molecule has 0 spiro atoms. The zero-order valence-electron chi connectivity index (χ0n) is 16.3. The van der Waals surface area contributed by atoms with E-state index in [-0.39, 0.29) is 18.0 Å². The van der Waals surface area contributed by atoms with Crippen molar-refractivity contribution in [2.24, 2.45) is 17.8 Å². The first-order valence-electron chi connectivity index (χ1n) is 10.3. The van der Waals surface area contributed by atoms with Gasteiger partial charge in [-0.15, -0.1) is 0 Å². The zero-order chi connectivity index (χ0) is 19.2. The number of amides is 1. The number of halogens is 1. The minimum absolute atomic E-state index is 0.123. The summed E-state index contributed by atoms with van der Waals surface area (Å²) in [5, 5.41) is 14.8. The molecule has 4 aliphatic carbocycles. The van der Waals surface area contributed by atoms with E-state index in [0.717, 1.165) is 37.3 Å². The fourth-order valence-corrected chi connectivity index (χ4v) is 5.98. The van der Waals surface area contributed by atoms with E-state index < -0.39 is 5.60 Å². The monoisotopic (exact) mass is 390 g/mol. The standard InChI is InChI=1S/C22H31ClN2O2/c1-14(25(2)8-7-15-3-5-19(23)6-4-15)21(26)24-20-17-9-16-10-18(20)13-22(27,11-16)12-17/h3-6,14,16-18,20,27H,7-13H2,1-2H3,(H,24,26)/t14-,16?,17?,18?,20?,22?/m0/s1. The molecule has 1 aromatic rings. The maximum Gasteiger partial charge on any atom is 0.237 e. The second kappa shape index (κ2) is 7.38. The van der Waals surface area contributed by atoms with Crippen LogP contribution in [0.2, 0.25) is 5.02 Å². The smallest absolute Gasteiger partial charge is 0.237 e. The van der Waals surface area contributed by atoms with Crippen LogP contribution in [-0.2, 0) is 11.2 Å². The first-order chi connectivity index (χ1) is 12.8. The van der Waals surface area contributed by atoms with E-state index >= 15 is 0 Å². The van der Waals surface area contributed by atoms with Gasteiger partial charge in [0.15, 0.2) is 0 Å². The first-order valence-corrected chi connectivity index (χ1v) is 10.7. The van der Waals surface area contributed by atoms with Crippen molar-refractivity contribution in [3.05, 3.63) is 34.9 Å². The second-order valence-corrected chi connectivity index (χ2v) is 9.70. The van der Waals surface area contributed by atoms with Crippen LogP contribution in [0.15, 0.2) is 24.3 Å². The Morgan fingerprint density at radius 2 is 1.89 bits per heavy atom. The molecule has 148 valence electrons. The highest BCUT2D eigenvalue weighted by Crippen LogP contribution is 2.55. The molecule has 1 aromatic carbocycles. The average Bonchev–Trinajstić information content (AvgIpc) is 2.61. The molecule has 4 bridgehead atoms. The van der Waals surface area contributed by atoms with E-state index in [0.29, 0.717) is 17.8 Å². The Bertz CT molecular complexity index is 676. The number of carbonyl (C=O) groups is 1. The fourth-order valence-electron chi connectivity index (χ4n) is 5.85. The van der Waals surface area contributed by atoms with Gasteiger partial charge in [0, 0.05) is 17.6 Å². The van der Waals surface area contributed by atoms with E-state index in [2.05, 4.69) is 10.2 Å². The summed E-state index contributed by atoms with van der Waals surface area (Å²) in [7, 11) is 2.01. The summed E-state index contributed by atoms with van der Waals surface area (Å²) in [5.41, 5.74) is 0.784. The lowest BCUT2D eigenvalue weighted by Gasteiger charge is -2.58. The Morgan fingerprint density at radius 1 is 1.26 bits per heavy atom. The summed E-state index contributed by atoms with van der Waals surface area (Å²) in [6, 6.07) is 8.00. The molecular weight excluding hydrogens is 360 g/mol. The maximum absolute atomic E-state index is 12.9. The van der Waals surface area contributed by atoms with Gasteiger partial charge in [-0.05, 0) is 87.9 Å². The zero-order valence-corrected chi connectivity index (χ0v) is 17.1. The molecule has 1 amide bonds. The molecule has 4 aliphatic rings. The van der Waals surface area contributed by atoms with Crippen LogP contribution in [0.25, 0.3) is 0 Å². The van der Waals surface area contributed by atoms with Crippen molar-refractivity contribution in [2.45, 2.75) is 63.1 Å². The topological polar surface area (TPSA) is 52.6 Å². The Kier molecular flexibility index (Phi) is 5.26. The van der Waals surface area contributed by atoms with E-state index in [4.69, 9.17) is 11.6 Å². The number of rotatable bonds is 6. The molecule has 0 heterocycles. The number of nitrogens with zero attached hydrogens (tertiary/aromatic N) is 1. The van der Waals surface area contributed by atoms with Gasteiger partial charge < -0.3 is 10.4 Å². The molecule has 4 nitrogen and oxygen atoms in total. The van der Waals surface area contributed by atoms with E-state index in [1.807, 2.05) is 38.2 Å². The molecule has 0 aromatic heterocycles. The maximum atomic E-state index is 12.9. The summed E-state index contributed by atoms with van der Waals surface area (Å²) < 4.78 is 0. The predicted molar refractivity (Wildman–Crippen MR) is 108 cm³/mol. The van der Waals surface area contributed by atoms with Crippen LogP contribution < -0.4 is 5.32 Å². The van der Waals surface area contributed by atoms with Gasteiger partial charge in [0.05, 0.1) is 11.6 Å². The first kappa shape index (κ1) is 19.2. The Hall–Kier alpha value is -1.10. The normalized spacial score (nSPS) is 35.4. The van der Waals surface area contributed by atoms with Gasteiger partial charge in [0.25, 0.3) is 0 Å². The molecule has 5 heteroatoms. The number of aliphatic hydroxyl groups is 1. The molecule has 27 heavy (non-hydrogen) atoms. The van der Waals surface area contributed by atoms with E-state index in [9.17, 15) is 9.90 Å². The van der Waals surface area contributed by atoms with Crippen molar-refractivity contribution >= 4 is 17.5 Å². The highest BCUT2D eigenvalue weighted by atomic mass is 35.5. The second-order valence-electron chi connectivity index (χ2n) is 9.26. The lowest BCUT2D eigenvalue weighted by molar-refractivity contribution is -0.148. The van der Waals surface area contributed by atoms with Gasteiger partial charge in [-0.25, -0.2) is 0 Å². The lowest BCUT2D eigenvalue weighted by atomic mass is 9.52. The summed E-state index contributed by atoms with van der Waals surface area (Å²) in [4.78, 5) is 15.0. The lowest BCUT2D eigenvalue weighted by Crippen LogP contribution is -2.63. The van der Waals surface area contributed by atoms with Crippen LogP contribution in [0, 0.1) is 17.8 Å². The molecule has 4 fully saturated rings. The number of benzene rings is 1. The molecule has 0 saturated heterocycles. The van der Waals surface area contributed by atoms with Gasteiger partial charge in [-0.1, -0.05) is 23.7 Å². The van der Waals surface area contributed by atoms with Crippen LogP contribution in [0.1, 0.15) is 44.6 Å². The third kappa shape index (κ3) is 4.03. The van der Waals surface area contributed by atoms with Crippen LogP contribution in [0.3, 0.4) is 0 Å². The summed E-state index contributed by atoms with van der Waals surface area (Å²) in [6.07, 6.45) is 5.95. The number of nitrogens with one attached hydrogen (secondary N) is 1. The highest BCUT2D eigenvalue weighted by molar-refractivity contribution is 6.30. The van der Waals surface area contributed by atoms with Gasteiger partial charge in [0.1, 0.15) is 0 Å². The minimum Gasteiger partial charge on any atom is -0.390 e. The highest BCUT2D eigenvalue weighted by Gasteiger charge is 2.55. The van der Waals surface area contributed by atoms with Crippen LogP contribution in [-0.4, -0.2) is 47.2 Å². The van der Waals surface area contributed by atoms with E-state index in [1.54, 1.807) is 0 Å². The van der Waals surface area contributed by atoms with Crippen LogP contribution in [0.5, 0.6) is 0 Å². The summed E-state index contributed by atoms with van der Waals surface area (Å²) in [6.45, 7) is 2.82. The van der Waals surface area contributed by atoms with Crippen LogP contribution in [0.4, 0.5) is 0 Å². The van der Waals surface area contributed by atoms with Crippen molar-refractivity contribution < 1.29 is 9.90 Å². The molecule has 0 aliphatic heterocycles. The van der Waals surface area contributed by atoms with Crippen molar-refractivity contribution in [1.82, 2.24) is 10.2 Å². The number of likely N-dealkylation sites (N-methyl/N-ethyl adjacent to an activating group) is 1.